The summed E-state index contributed by atoms with van der Waals surface area (Å²) in [6, 6.07) is 0. The van der Waals surface area contributed by atoms with E-state index < -0.39 is 0 Å². The molecule has 0 spiro atoms. The van der Waals surface area contributed by atoms with Crippen molar-refractivity contribution in [2.45, 2.75) is 53.4 Å². The summed E-state index contributed by atoms with van der Waals surface area (Å²) in [5.41, 5.74) is 9.69. The molecule has 3 atom stereocenters. The van der Waals surface area contributed by atoms with Crippen molar-refractivity contribution in [3.63, 3.8) is 0 Å². The minimum absolute atomic E-state index is 0.334. The molecule has 2 unspecified atom stereocenters. The summed E-state index contributed by atoms with van der Waals surface area (Å²) < 4.78 is 0. The Morgan fingerprint density at radius 3 is 2.50 bits per heavy atom. The Bertz CT molecular complexity index is 1050. The van der Waals surface area contributed by atoms with Gasteiger partial charge < -0.3 is 0 Å². The van der Waals surface area contributed by atoms with Crippen LogP contribution in [0.5, 0.6) is 0 Å². The largest absolute Gasteiger partial charge is 0.0952 e. The Kier molecular flexibility index (Phi) is 6.42. The molecule has 0 fully saturated rings. The van der Waals surface area contributed by atoms with E-state index in [0.29, 0.717) is 17.3 Å². The molecule has 4 aliphatic carbocycles. The molecule has 0 N–H and O–H groups in total. The first kappa shape index (κ1) is 22.6. The smallest absolute Gasteiger partial charge is 0.0267 e. The summed E-state index contributed by atoms with van der Waals surface area (Å²) in [5.74, 6) is 1.52. The molecule has 0 aromatic carbocycles. The van der Waals surface area contributed by atoms with Crippen molar-refractivity contribution < 1.29 is 0 Å². The lowest BCUT2D eigenvalue weighted by Crippen LogP contribution is -2.17. The van der Waals surface area contributed by atoms with Crippen LogP contribution in [0.1, 0.15) is 53.4 Å². The van der Waals surface area contributed by atoms with Crippen LogP contribution in [0.2, 0.25) is 0 Å². The third-order valence-corrected chi connectivity index (χ3v) is 7.61. The van der Waals surface area contributed by atoms with Crippen molar-refractivity contribution in [1.29, 1.82) is 0 Å². The molecule has 0 aromatic heterocycles. The van der Waals surface area contributed by atoms with Gasteiger partial charge in [-0.25, -0.2) is 0 Å². The Morgan fingerprint density at radius 2 is 1.72 bits per heavy atom. The first-order valence-electron chi connectivity index (χ1n) is 12.2. The van der Waals surface area contributed by atoms with E-state index in [-0.39, 0.29) is 0 Å². The SMILES string of the molecule is C=C(CCC1=CC2C=C(CC[C@@H](C)C(C)(C)C)C=CC2=C1)C1=CC(=C)C2C=CC=CC2=C1. The maximum Gasteiger partial charge on any atom is 0.0267 e. The van der Waals surface area contributed by atoms with Gasteiger partial charge in [0.25, 0.3) is 0 Å². The number of rotatable bonds is 7. The van der Waals surface area contributed by atoms with Crippen LogP contribution in [0.15, 0.2) is 119 Å². The maximum atomic E-state index is 4.40. The fourth-order valence-corrected chi connectivity index (χ4v) is 4.80. The molecular formula is C32H38. The predicted octanol–water partition coefficient (Wildman–Crippen LogP) is 8.93. The monoisotopic (exact) mass is 422 g/mol. The van der Waals surface area contributed by atoms with Gasteiger partial charge in [-0.1, -0.05) is 119 Å². The average Bonchev–Trinajstić information content (AvgIpc) is 3.17. The second kappa shape index (κ2) is 9.10. The molecule has 4 aliphatic rings. The molecule has 4 rings (SSSR count). The zero-order valence-electron chi connectivity index (χ0n) is 20.3. The van der Waals surface area contributed by atoms with Crippen molar-refractivity contribution in [1.82, 2.24) is 0 Å². The summed E-state index contributed by atoms with van der Waals surface area (Å²) >= 11 is 0. The summed E-state index contributed by atoms with van der Waals surface area (Å²) in [6.07, 6.45) is 29.6. The highest BCUT2D eigenvalue weighted by atomic mass is 14.3. The van der Waals surface area contributed by atoms with Crippen molar-refractivity contribution in [2.24, 2.45) is 23.2 Å². The molecule has 0 nitrogen and oxygen atoms in total. The molecular weight excluding hydrogens is 384 g/mol. The molecule has 0 saturated heterocycles. The first-order valence-corrected chi connectivity index (χ1v) is 12.2. The van der Waals surface area contributed by atoms with Crippen molar-refractivity contribution >= 4 is 0 Å². The lowest BCUT2D eigenvalue weighted by atomic mass is 9.78. The van der Waals surface area contributed by atoms with Gasteiger partial charge in [0, 0.05) is 11.8 Å². The second-order valence-electron chi connectivity index (χ2n) is 10.9. The quantitative estimate of drug-likeness (QED) is 0.384. The molecule has 0 heteroatoms. The molecule has 0 amide bonds. The first-order chi connectivity index (χ1) is 15.2. The highest BCUT2D eigenvalue weighted by Gasteiger charge is 2.23. The third kappa shape index (κ3) is 5.07. The minimum Gasteiger partial charge on any atom is -0.0952 e. The van der Waals surface area contributed by atoms with Crippen LogP contribution in [-0.4, -0.2) is 0 Å². The fourth-order valence-electron chi connectivity index (χ4n) is 4.80. The minimum atomic E-state index is 0.334. The number of hydrogen-bond donors (Lipinski definition) is 0. The molecule has 0 aromatic rings. The van der Waals surface area contributed by atoms with Gasteiger partial charge in [-0.2, -0.15) is 0 Å². The van der Waals surface area contributed by atoms with Gasteiger partial charge in [-0.05, 0) is 64.9 Å². The van der Waals surface area contributed by atoms with Crippen LogP contribution in [-0.2, 0) is 0 Å². The fraction of sp³-hybridized carbons (Fsp3) is 0.375. The predicted molar refractivity (Wildman–Crippen MR) is 140 cm³/mol. The van der Waals surface area contributed by atoms with Gasteiger partial charge in [0.2, 0.25) is 0 Å². The molecule has 0 radical (unpaired) electrons. The highest BCUT2D eigenvalue weighted by molar-refractivity contribution is 5.56. The lowest BCUT2D eigenvalue weighted by molar-refractivity contribution is 0.247. The molecule has 0 aliphatic heterocycles. The topological polar surface area (TPSA) is 0 Å². The van der Waals surface area contributed by atoms with Crippen LogP contribution >= 0.6 is 0 Å². The van der Waals surface area contributed by atoms with E-state index in [9.17, 15) is 0 Å². The normalized spacial score (nSPS) is 24.8. The molecule has 0 bridgehead atoms. The zero-order chi connectivity index (χ0) is 22.9. The van der Waals surface area contributed by atoms with Gasteiger partial charge in [0.1, 0.15) is 0 Å². The van der Waals surface area contributed by atoms with Crippen LogP contribution in [0.4, 0.5) is 0 Å². The van der Waals surface area contributed by atoms with Crippen LogP contribution in [0, 0.1) is 23.2 Å². The third-order valence-electron chi connectivity index (χ3n) is 7.61. The van der Waals surface area contributed by atoms with Crippen LogP contribution in [0.3, 0.4) is 0 Å². The van der Waals surface area contributed by atoms with Crippen LogP contribution in [0.25, 0.3) is 0 Å². The number of hydrogen-bond acceptors (Lipinski definition) is 0. The summed E-state index contributed by atoms with van der Waals surface area (Å²) in [4.78, 5) is 0. The number of fused-ring (bicyclic) bond motifs is 2. The maximum absolute atomic E-state index is 4.40. The van der Waals surface area contributed by atoms with Gasteiger partial charge >= 0.3 is 0 Å². The van der Waals surface area contributed by atoms with E-state index >= 15 is 0 Å². The van der Waals surface area contributed by atoms with Gasteiger partial charge in [-0.15, -0.1) is 0 Å². The van der Waals surface area contributed by atoms with E-state index in [1.54, 1.807) is 0 Å². The van der Waals surface area contributed by atoms with E-state index in [1.165, 1.54) is 46.3 Å². The average molecular weight is 423 g/mol. The molecule has 0 heterocycles. The molecule has 32 heavy (non-hydrogen) atoms. The molecule has 166 valence electrons. The van der Waals surface area contributed by atoms with E-state index in [0.717, 1.165) is 24.3 Å². The number of allylic oxidation sites excluding steroid dienone is 18. The van der Waals surface area contributed by atoms with Gasteiger partial charge in [-0.3, -0.25) is 0 Å². The van der Waals surface area contributed by atoms with Gasteiger partial charge in [0.15, 0.2) is 0 Å². The van der Waals surface area contributed by atoms with Gasteiger partial charge in [0.05, 0.1) is 0 Å². The summed E-state index contributed by atoms with van der Waals surface area (Å²) in [5, 5.41) is 0. The lowest BCUT2D eigenvalue weighted by Gasteiger charge is -2.27. The van der Waals surface area contributed by atoms with Crippen molar-refractivity contribution in [2.75, 3.05) is 0 Å². The summed E-state index contributed by atoms with van der Waals surface area (Å²) in [6.45, 7) is 18.1. The highest BCUT2D eigenvalue weighted by Crippen LogP contribution is 2.38. The summed E-state index contributed by atoms with van der Waals surface area (Å²) in [7, 11) is 0. The van der Waals surface area contributed by atoms with Crippen LogP contribution < -0.4 is 0 Å². The van der Waals surface area contributed by atoms with E-state index in [2.05, 4.69) is 108 Å². The Morgan fingerprint density at radius 1 is 0.938 bits per heavy atom. The van der Waals surface area contributed by atoms with E-state index in [4.69, 9.17) is 0 Å². The second-order valence-corrected chi connectivity index (χ2v) is 10.9. The Labute approximate surface area is 195 Å². The van der Waals surface area contributed by atoms with Crippen molar-refractivity contribution in [3.05, 3.63) is 119 Å². The standard InChI is InChI=1S/C32H38/c1-22(29-17-23(2)31-10-8-7-9-28(31)21-29)11-13-26-19-27-16-15-25(18-30(27)20-26)14-12-24(3)32(4,5)6/h7-10,15-21,24,30-31H,1-2,11-14H2,3-6H3/t24-,30?,31?/m1/s1. The Balaban J connectivity index is 1.34. The zero-order valence-corrected chi connectivity index (χ0v) is 20.3. The van der Waals surface area contributed by atoms with E-state index in [1.807, 2.05) is 0 Å². The van der Waals surface area contributed by atoms with Crippen molar-refractivity contribution in [3.8, 4) is 0 Å². The molecule has 0 saturated carbocycles. The Hall–Kier alpha value is -2.60.